The smallest absolute Gasteiger partial charge is 0.0602 e. The Morgan fingerprint density at radius 1 is 1.22 bits per heavy atom. The number of halogens is 1. The molecule has 0 aliphatic heterocycles. The van der Waals surface area contributed by atoms with Gasteiger partial charge in [0.25, 0.3) is 0 Å². The SMILES string of the molecule is CCN(CCOCCCl)Cc1cc(C)ccc1C. The molecule has 18 heavy (non-hydrogen) atoms. The summed E-state index contributed by atoms with van der Waals surface area (Å²) in [6.45, 7) is 10.9. The van der Waals surface area contributed by atoms with Crippen molar-refractivity contribution in [3.8, 4) is 0 Å². The Balaban J connectivity index is 2.48. The summed E-state index contributed by atoms with van der Waals surface area (Å²) in [5.74, 6) is 0.573. The summed E-state index contributed by atoms with van der Waals surface area (Å²) in [5.41, 5.74) is 4.10. The zero-order chi connectivity index (χ0) is 13.4. The Bertz CT molecular complexity index is 354. The van der Waals surface area contributed by atoms with Crippen LogP contribution in [0.25, 0.3) is 0 Å². The summed E-state index contributed by atoms with van der Waals surface area (Å²) in [5, 5.41) is 0. The molecule has 1 rings (SSSR count). The average Bonchev–Trinajstić information content (AvgIpc) is 2.37. The Hall–Kier alpha value is -0.570. The summed E-state index contributed by atoms with van der Waals surface area (Å²) in [6, 6.07) is 6.64. The molecule has 0 heterocycles. The van der Waals surface area contributed by atoms with Crippen molar-refractivity contribution in [2.24, 2.45) is 0 Å². The molecule has 0 bridgehead atoms. The second-order valence-corrected chi connectivity index (χ2v) is 4.98. The second kappa shape index (κ2) is 8.52. The quantitative estimate of drug-likeness (QED) is 0.530. The van der Waals surface area contributed by atoms with E-state index in [2.05, 4.69) is 43.9 Å². The second-order valence-electron chi connectivity index (χ2n) is 4.60. The fourth-order valence-corrected chi connectivity index (χ4v) is 2.02. The van der Waals surface area contributed by atoms with Gasteiger partial charge >= 0.3 is 0 Å². The zero-order valence-corrected chi connectivity index (χ0v) is 12.5. The number of alkyl halides is 1. The van der Waals surface area contributed by atoms with Gasteiger partial charge in [0.1, 0.15) is 0 Å². The van der Waals surface area contributed by atoms with E-state index in [0.717, 1.165) is 26.2 Å². The first kappa shape index (κ1) is 15.5. The van der Waals surface area contributed by atoms with Crippen molar-refractivity contribution in [1.82, 2.24) is 4.90 Å². The van der Waals surface area contributed by atoms with Gasteiger partial charge in [-0.2, -0.15) is 0 Å². The first-order valence-electron chi connectivity index (χ1n) is 6.59. The minimum Gasteiger partial charge on any atom is -0.379 e. The molecule has 0 radical (unpaired) electrons. The Morgan fingerprint density at radius 3 is 2.67 bits per heavy atom. The van der Waals surface area contributed by atoms with Gasteiger partial charge < -0.3 is 4.74 Å². The van der Waals surface area contributed by atoms with Crippen molar-refractivity contribution >= 4 is 11.6 Å². The van der Waals surface area contributed by atoms with Crippen LogP contribution in [-0.2, 0) is 11.3 Å². The lowest BCUT2D eigenvalue weighted by atomic mass is 10.1. The molecule has 1 aromatic carbocycles. The van der Waals surface area contributed by atoms with E-state index in [-0.39, 0.29) is 0 Å². The average molecular weight is 270 g/mol. The number of likely N-dealkylation sites (N-methyl/N-ethyl adjacent to an activating group) is 1. The van der Waals surface area contributed by atoms with E-state index in [0.29, 0.717) is 12.5 Å². The predicted octanol–water partition coefficient (Wildman–Crippen LogP) is 3.38. The van der Waals surface area contributed by atoms with Crippen LogP contribution in [0.1, 0.15) is 23.6 Å². The highest BCUT2D eigenvalue weighted by Crippen LogP contribution is 2.13. The van der Waals surface area contributed by atoms with Crippen molar-refractivity contribution in [2.75, 3.05) is 32.2 Å². The van der Waals surface area contributed by atoms with E-state index in [1.807, 2.05) is 0 Å². The topological polar surface area (TPSA) is 12.5 Å². The van der Waals surface area contributed by atoms with E-state index in [4.69, 9.17) is 16.3 Å². The number of ether oxygens (including phenoxy) is 1. The molecule has 0 aliphatic carbocycles. The summed E-state index contributed by atoms with van der Waals surface area (Å²) < 4.78 is 5.43. The molecule has 0 unspecified atom stereocenters. The Kier molecular flexibility index (Phi) is 7.33. The summed E-state index contributed by atoms with van der Waals surface area (Å²) in [7, 11) is 0. The van der Waals surface area contributed by atoms with Crippen molar-refractivity contribution < 1.29 is 4.74 Å². The van der Waals surface area contributed by atoms with Gasteiger partial charge in [-0.3, -0.25) is 4.90 Å². The maximum absolute atomic E-state index is 5.58. The maximum atomic E-state index is 5.58. The van der Waals surface area contributed by atoms with Crippen LogP contribution in [0.4, 0.5) is 0 Å². The zero-order valence-electron chi connectivity index (χ0n) is 11.7. The highest BCUT2D eigenvalue weighted by Gasteiger charge is 2.06. The summed E-state index contributed by atoms with van der Waals surface area (Å²) in [6.07, 6.45) is 0. The molecule has 0 saturated carbocycles. The molecule has 0 fully saturated rings. The molecule has 0 saturated heterocycles. The summed E-state index contributed by atoms with van der Waals surface area (Å²) >= 11 is 5.58. The first-order valence-corrected chi connectivity index (χ1v) is 7.13. The number of aryl methyl sites for hydroxylation is 2. The lowest BCUT2D eigenvalue weighted by molar-refractivity contribution is 0.114. The first-order chi connectivity index (χ1) is 8.67. The van der Waals surface area contributed by atoms with Crippen molar-refractivity contribution in [2.45, 2.75) is 27.3 Å². The molecule has 0 aromatic heterocycles. The van der Waals surface area contributed by atoms with Gasteiger partial charge in [0.05, 0.1) is 13.2 Å². The number of rotatable bonds is 8. The molecule has 1 aromatic rings. The van der Waals surface area contributed by atoms with Crippen LogP contribution in [0.2, 0.25) is 0 Å². The van der Waals surface area contributed by atoms with Crippen molar-refractivity contribution in [3.05, 3.63) is 34.9 Å². The van der Waals surface area contributed by atoms with Gasteiger partial charge in [-0.05, 0) is 31.5 Å². The fraction of sp³-hybridized carbons (Fsp3) is 0.600. The van der Waals surface area contributed by atoms with Gasteiger partial charge in [-0.1, -0.05) is 30.7 Å². The van der Waals surface area contributed by atoms with Crippen molar-refractivity contribution in [3.63, 3.8) is 0 Å². The molecule has 0 atom stereocenters. The molecular formula is C15H24ClNO. The molecule has 2 nitrogen and oxygen atoms in total. The molecule has 0 N–H and O–H groups in total. The molecule has 0 spiro atoms. The minimum absolute atomic E-state index is 0.573. The van der Waals surface area contributed by atoms with Gasteiger partial charge in [0, 0.05) is 19.0 Å². The number of benzene rings is 1. The summed E-state index contributed by atoms with van der Waals surface area (Å²) in [4.78, 5) is 2.40. The third-order valence-corrected chi connectivity index (χ3v) is 3.27. The van der Waals surface area contributed by atoms with Crippen LogP contribution in [0.3, 0.4) is 0 Å². The Morgan fingerprint density at radius 2 is 2.00 bits per heavy atom. The van der Waals surface area contributed by atoms with Crippen LogP contribution in [0.5, 0.6) is 0 Å². The molecule has 0 aliphatic rings. The van der Waals surface area contributed by atoms with Crippen molar-refractivity contribution in [1.29, 1.82) is 0 Å². The molecule has 102 valence electrons. The third-order valence-electron chi connectivity index (χ3n) is 3.12. The van der Waals surface area contributed by atoms with E-state index >= 15 is 0 Å². The van der Waals surface area contributed by atoms with Crippen LogP contribution in [0.15, 0.2) is 18.2 Å². The molecule has 0 amide bonds. The minimum atomic E-state index is 0.573. The van der Waals surface area contributed by atoms with E-state index in [9.17, 15) is 0 Å². The fourth-order valence-electron chi connectivity index (χ4n) is 1.91. The lowest BCUT2D eigenvalue weighted by Crippen LogP contribution is -2.27. The van der Waals surface area contributed by atoms with Gasteiger partial charge in [-0.15, -0.1) is 11.6 Å². The van der Waals surface area contributed by atoms with Gasteiger partial charge in [0.2, 0.25) is 0 Å². The highest BCUT2D eigenvalue weighted by atomic mass is 35.5. The van der Waals surface area contributed by atoms with E-state index in [1.54, 1.807) is 0 Å². The predicted molar refractivity (Wildman–Crippen MR) is 78.4 cm³/mol. The number of nitrogens with zero attached hydrogens (tertiary/aromatic N) is 1. The lowest BCUT2D eigenvalue weighted by Gasteiger charge is -2.21. The third kappa shape index (κ3) is 5.38. The van der Waals surface area contributed by atoms with Crippen LogP contribution < -0.4 is 0 Å². The van der Waals surface area contributed by atoms with Gasteiger partial charge in [0.15, 0.2) is 0 Å². The van der Waals surface area contributed by atoms with Crippen LogP contribution in [-0.4, -0.2) is 37.1 Å². The van der Waals surface area contributed by atoms with Crippen LogP contribution >= 0.6 is 11.6 Å². The van der Waals surface area contributed by atoms with E-state index in [1.165, 1.54) is 16.7 Å². The number of hydrogen-bond donors (Lipinski definition) is 0. The Labute approximate surface area is 116 Å². The van der Waals surface area contributed by atoms with Crippen LogP contribution in [0, 0.1) is 13.8 Å². The van der Waals surface area contributed by atoms with E-state index < -0.39 is 0 Å². The largest absolute Gasteiger partial charge is 0.379 e. The molecular weight excluding hydrogens is 246 g/mol. The monoisotopic (exact) mass is 269 g/mol. The standard InChI is InChI=1S/C15H24ClNO/c1-4-17(8-10-18-9-7-16)12-15-11-13(2)5-6-14(15)3/h5-6,11H,4,7-10,12H2,1-3H3. The number of hydrogen-bond acceptors (Lipinski definition) is 2. The molecule has 3 heteroatoms. The normalized spacial score (nSPS) is 11.2. The highest BCUT2D eigenvalue weighted by molar-refractivity contribution is 6.17. The van der Waals surface area contributed by atoms with Gasteiger partial charge in [-0.25, -0.2) is 0 Å². The maximum Gasteiger partial charge on any atom is 0.0602 e.